The third-order valence-electron chi connectivity index (χ3n) is 11.0. The summed E-state index contributed by atoms with van der Waals surface area (Å²) in [4.78, 5) is 57.2. The number of carbonyl (C=O) groups excluding carboxylic acids is 4. The van der Waals surface area contributed by atoms with Crippen molar-refractivity contribution in [2.24, 2.45) is 5.92 Å². The standard InChI is InChI=1S/C41H60ClN3O9S2/c1-12-18-55-56-39(6,7)17-16-33(46)44(9)27(5)37(48)53-32-22-34(47)45(10)29-21-28(20-25(3)35(29)42)19-24(2)14-13-15-31(51-11)41(50)23-30(52-38(49)43-41)26(4)36-40(32,8)54-36/h13-15,20-21,26-27,30-32,36,50H,12,16-19,22-23H2,1-11H3,(H,43,49)/b15-13+,24-14+/t26-,27+,30+,31-,32+,36+,40+,41+/m1/s1. The summed E-state index contributed by atoms with van der Waals surface area (Å²) in [5.74, 6) is -0.740. The molecule has 12 nitrogen and oxygen atoms in total. The normalized spacial score (nSPS) is 30.6. The lowest BCUT2D eigenvalue weighted by atomic mass is 9.83. The molecule has 0 spiro atoms. The number of anilines is 1. The fourth-order valence-electron chi connectivity index (χ4n) is 7.17. The van der Waals surface area contributed by atoms with Gasteiger partial charge in [0.1, 0.15) is 30.0 Å². The van der Waals surface area contributed by atoms with Crippen LogP contribution in [-0.4, -0.2) is 107 Å². The lowest BCUT2D eigenvalue weighted by Crippen LogP contribution is -2.63. The van der Waals surface area contributed by atoms with Crippen LogP contribution in [0.3, 0.4) is 0 Å². The Labute approximate surface area is 345 Å². The van der Waals surface area contributed by atoms with Gasteiger partial charge in [0.2, 0.25) is 11.8 Å². The number of methoxy groups -OCH3 is 1. The molecule has 1 aromatic rings. The van der Waals surface area contributed by atoms with Crippen LogP contribution in [0.1, 0.15) is 91.7 Å². The Morgan fingerprint density at radius 2 is 1.95 bits per heavy atom. The first kappa shape index (κ1) is 45.9. The van der Waals surface area contributed by atoms with Crippen molar-refractivity contribution in [3.8, 4) is 0 Å². The van der Waals surface area contributed by atoms with Gasteiger partial charge in [-0.3, -0.25) is 14.9 Å². The number of ether oxygens (including phenoxy) is 4. The molecule has 8 atom stereocenters. The minimum atomic E-state index is -1.81. The van der Waals surface area contributed by atoms with E-state index in [4.69, 9.17) is 30.5 Å². The minimum absolute atomic E-state index is 0.0341. The van der Waals surface area contributed by atoms with E-state index in [0.717, 1.165) is 28.9 Å². The fraction of sp³-hybridized carbons (Fsp3) is 0.659. The first-order chi connectivity index (χ1) is 26.2. The van der Waals surface area contributed by atoms with Crippen molar-refractivity contribution in [2.45, 2.75) is 140 Å². The molecule has 4 bridgehead atoms. The molecular weight excluding hydrogens is 778 g/mol. The van der Waals surface area contributed by atoms with Gasteiger partial charge in [-0.05, 0) is 78.0 Å². The van der Waals surface area contributed by atoms with Crippen molar-refractivity contribution in [3.63, 3.8) is 0 Å². The van der Waals surface area contributed by atoms with Crippen molar-refractivity contribution >= 4 is 62.8 Å². The number of esters is 1. The number of rotatable bonds is 11. The van der Waals surface area contributed by atoms with Crippen LogP contribution in [0.2, 0.25) is 5.02 Å². The zero-order valence-corrected chi connectivity index (χ0v) is 37.0. The molecule has 2 saturated heterocycles. The van der Waals surface area contributed by atoms with Crippen LogP contribution < -0.4 is 10.2 Å². The van der Waals surface area contributed by atoms with Gasteiger partial charge < -0.3 is 33.9 Å². The van der Waals surface area contributed by atoms with Crippen molar-refractivity contribution in [1.29, 1.82) is 0 Å². The number of alkyl carbamates (subject to hydrolysis) is 1. The third kappa shape index (κ3) is 11.0. The number of amides is 3. The Balaban J connectivity index is 1.66. The predicted molar refractivity (Wildman–Crippen MR) is 223 cm³/mol. The van der Waals surface area contributed by atoms with Gasteiger partial charge in [-0.15, -0.1) is 0 Å². The van der Waals surface area contributed by atoms with Gasteiger partial charge in [0, 0.05) is 50.5 Å². The number of halogens is 1. The molecule has 2 fully saturated rings. The maximum Gasteiger partial charge on any atom is 0.409 e. The van der Waals surface area contributed by atoms with Gasteiger partial charge in [-0.1, -0.05) is 76.9 Å². The number of aryl methyl sites for hydroxylation is 1. The number of likely N-dealkylation sites (N-methyl/N-ethyl adjacent to an activating group) is 1. The number of hydrogen-bond acceptors (Lipinski definition) is 11. The molecule has 312 valence electrons. The Morgan fingerprint density at radius 1 is 1.25 bits per heavy atom. The van der Waals surface area contributed by atoms with Gasteiger partial charge in [0.05, 0.1) is 23.2 Å². The summed E-state index contributed by atoms with van der Waals surface area (Å²) in [7, 11) is 8.21. The first-order valence-corrected chi connectivity index (χ1v) is 21.9. The SMILES string of the molecule is CCCSSC(C)(C)CCC(=O)N(C)[C@@H](C)C(=O)O[C@H]1CC(=O)N(C)c2cc(cc(C)c2Cl)C/C(C)=C/C=C/[C@@H](OC)[C@@]2(O)C[C@H](OC(=O)N2)[C@@H](C)[C@@H]2O[C@@]12C. The number of allylic oxidation sites excluding steroid dienone is 3. The number of aliphatic hydroxyl groups is 1. The zero-order chi connectivity index (χ0) is 41.7. The van der Waals surface area contributed by atoms with E-state index in [1.165, 1.54) is 16.9 Å². The van der Waals surface area contributed by atoms with Crippen molar-refractivity contribution in [2.75, 3.05) is 31.9 Å². The average molecular weight is 839 g/mol. The number of epoxide rings is 1. The number of hydrogen-bond donors (Lipinski definition) is 2. The predicted octanol–water partition coefficient (Wildman–Crippen LogP) is 7.16. The van der Waals surface area contributed by atoms with Gasteiger partial charge >= 0.3 is 12.1 Å². The van der Waals surface area contributed by atoms with E-state index < -0.39 is 59.8 Å². The number of nitrogens with zero attached hydrogens (tertiary/aromatic N) is 2. The van der Waals surface area contributed by atoms with Crippen LogP contribution in [-0.2, 0) is 39.8 Å². The Hall–Kier alpha value is -2.75. The highest BCUT2D eigenvalue weighted by molar-refractivity contribution is 8.77. The van der Waals surface area contributed by atoms with E-state index in [1.807, 2.05) is 39.0 Å². The van der Waals surface area contributed by atoms with Crippen LogP contribution >= 0.6 is 33.2 Å². The molecule has 3 heterocycles. The summed E-state index contributed by atoms with van der Waals surface area (Å²) in [5.41, 5.74) is 0.194. The second-order valence-corrected chi connectivity index (χ2v) is 19.7. The van der Waals surface area contributed by atoms with Gasteiger partial charge in [0.15, 0.2) is 5.72 Å². The highest BCUT2D eigenvalue weighted by atomic mass is 35.5. The summed E-state index contributed by atoms with van der Waals surface area (Å²) in [6.07, 6.45) is 3.23. The minimum Gasteiger partial charge on any atom is -0.457 e. The average Bonchev–Trinajstić information content (AvgIpc) is 3.83. The number of carbonyl (C=O) groups is 4. The maximum absolute atomic E-state index is 14.2. The summed E-state index contributed by atoms with van der Waals surface area (Å²) < 4.78 is 23.7. The molecular formula is C41H60ClN3O9S2. The molecule has 0 aliphatic carbocycles. The van der Waals surface area contributed by atoms with Crippen LogP contribution in [0.25, 0.3) is 0 Å². The Morgan fingerprint density at radius 3 is 2.61 bits per heavy atom. The van der Waals surface area contributed by atoms with E-state index in [1.54, 1.807) is 61.7 Å². The molecule has 3 aliphatic heterocycles. The van der Waals surface area contributed by atoms with Crippen molar-refractivity contribution in [1.82, 2.24) is 10.2 Å². The number of fused-ring (bicyclic) bond motifs is 5. The smallest absolute Gasteiger partial charge is 0.409 e. The van der Waals surface area contributed by atoms with Crippen LogP contribution in [0.4, 0.5) is 10.5 Å². The molecule has 0 aromatic heterocycles. The molecule has 3 amide bonds. The third-order valence-corrected chi connectivity index (χ3v) is 15.1. The largest absolute Gasteiger partial charge is 0.457 e. The lowest BCUT2D eigenvalue weighted by molar-refractivity contribution is -0.162. The van der Waals surface area contributed by atoms with E-state index in [0.29, 0.717) is 23.6 Å². The number of benzene rings is 1. The molecule has 0 unspecified atom stereocenters. The molecule has 4 rings (SSSR count). The van der Waals surface area contributed by atoms with Gasteiger partial charge in [-0.25, -0.2) is 9.59 Å². The van der Waals surface area contributed by atoms with E-state index in [2.05, 4.69) is 26.1 Å². The van der Waals surface area contributed by atoms with Gasteiger partial charge in [0.25, 0.3) is 0 Å². The van der Waals surface area contributed by atoms with E-state index in [-0.39, 0.29) is 35.8 Å². The maximum atomic E-state index is 14.2. The monoisotopic (exact) mass is 837 g/mol. The molecule has 1 aromatic carbocycles. The summed E-state index contributed by atoms with van der Waals surface area (Å²) >= 11 is 6.80. The van der Waals surface area contributed by atoms with Crippen LogP contribution in [0.5, 0.6) is 0 Å². The Bertz CT molecular complexity index is 1690. The molecule has 3 aliphatic rings. The zero-order valence-electron chi connectivity index (χ0n) is 34.6. The van der Waals surface area contributed by atoms with E-state index >= 15 is 0 Å². The van der Waals surface area contributed by atoms with Crippen LogP contribution in [0, 0.1) is 12.8 Å². The molecule has 2 N–H and O–H groups in total. The lowest BCUT2D eigenvalue weighted by Gasteiger charge is -2.42. The molecule has 0 radical (unpaired) electrons. The second-order valence-electron chi connectivity index (χ2n) is 16.2. The molecule has 56 heavy (non-hydrogen) atoms. The second kappa shape index (κ2) is 18.9. The summed E-state index contributed by atoms with van der Waals surface area (Å²) in [6, 6.07) is 2.87. The van der Waals surface area contributed by atoms with Crippen molar-refractivity contribution < 1.29 is 43.2 Å². The first-order valence-electron chi connectivity index (χ1n) is 19.2. The fourth-order valence-corrected chi connectivity index (χ4v) is 10.1. The Kier molecular flexibility index (Phi) is 15.5. The van der Waals surface area contributed by atoms with E-state index in [9.17, 15) is 24.3 Å². The quantitative estimate of drug-likeness (QED) is 0.101. The molecule has 15 heteroatoms. The highest BCUT2D eigenvalue weighted by Gasteiger charge is 2.64. The molecule has 0 saturated carbocycles. The number of nitrogens with one attached hydrogen (secondary N) is 1. The topological polar surface area (TPSA) is 147 Å². The van der Waals surface area contributed by atoms with Crippen molar-refractivity contribution in [3.05, 3.63) is 52.1 Å². The summed E-state index contributed by atoms with van der Waals surface area (Å²) in [5, 5.41) is 14.7. The highest BCUT2D eigenvalue weighted by Crippen LogP contribution is 2.49. The summed E-state index contributed by atoms with van der Waals surface area (Å²) in [6.45, 7) is 15.4. The van der Waals surface area contributed by atoms with Gasteiger partial charge in [-0.2, -0.15) is 0 Å². The van der Waals surface area contributed by atoms with Crippen LogP contribution in [0.15, 0.2) is 35.9 Å².